The van der Waals surface area contributed by atoms with Gasteiger partial charge in [0.15, 0.2) is 0 Å². The Kier molecular flexibility index (Phi) is 5.01. The molecule has 2 atom stereocenters. The molecule has 0 spiro atoms. The molecule has 110 valence electrons. The minimum atomic E-state index is -0.309. The van der Waals surface area contributed by atoms with Crippen LogP contribution in [-0.2, 0) is 4.74 Å². The van der Waals surface area contributed by atoms with Crippen molar-refractivity contribution in [1.82, 2.24) is 4.90 Å². The number of carbonyl (C=O) groups is 1. The van der Waals surface area contributed by atoms with E-state index in [4.69, 9.17) is 9.47 Å². The van der Waals surface area contributed by atoms with Crippen LogP contribution in [0.1, 0.15) is 17.3 Å². The van der Waals surface area contributed by atoms with E-state index in [2.05, 4.69) is 15.9 Å². The fraction of sp³-hybridized carbons (Fsp3) is 0.500. The first kappa shape index (κ1) is 15.3. The number of amides is 1. The van der Waals surface area contributed by atoms with Crippen LogP contribution in [0.25, 0.3) is 0 Å². The summed E-state index contributed by atoms with van der Waals surface area (Å²) in [6.07, 6.45) is -0.0360. The van der Waals surface area contributed by atoms with Crippen LogP contribution in [0, 0.1) is 0 Å². The third kappa shape index (κ3) is 2.97. The van der Waals surface area contributed by atoms with E-state index in [0.29, 0.717) is 28.9 Å². The van der Waals surface area contributed by atoms with Crippen molar-refractivity contribution < 1.29 is 19.4 Å². The topological polar surface area (TPSA) is 59.0 Å². The van der Waals surface area contributed by atoms with Crippen molar-refractivity contribution in [1.29, 1.82) is 0 Å². The molecule has 1 amide bonds. The van der Waals surface area contributed by atoms with Crippen molar-refractivity contribution in [3.05, 3.63) is 28.2 Å². The highest BCUT2D eigenvalue weighted by molar-refractivity contribution is 9.10. The Morgan fingerprint density at radius 1 is 1.60 bits per heavy atom. The van der Waals surface area contributed by atoms with E-state index in [-0.39, 0.29) is 24.7 Å². The Bertz CT molecular complexity index is 494. The van der Waals surface area contributed by atoms with E-state index < -0.39 is 0 Å². The van der Waals surface area contributed by atoms with Crippen LogP contribution < -0.4 is 4.74 Å². The smallest absolute Gasteiger partial charge is 0.255 e. The second-order valence-electron chi connectivity index (χ2n) is 4.76. The van der Waals surface area contributed by atoms with E-state index >= 15 is 0 Å². The number of aliphatic hydroxyl groups excluding tert-OH is 1. The molecule has 6 heteroatoms. The first-order chi connectivity index (χ1) is 9.58. The van der Waals surface area contributed by atoms with Crippen molar-refractivity contribution in [2.24, 2.45) is 0 Å². The zero-order valence-electron chi connectivity index (χ0n) is 11.5. The lowest BCUT2D eigenvalue weighted by molar-refractivity contribution is -0.0564. The molecular weight excluding hydrogens is 326 g/mol. The van der Waals surface area contributed by atoms with E-state index in [1.165, 1.54) is 0 Å². The highest BCUT2D eigenvalue weighted by Gasteiger charge is 2.31. The van der Waals surface area contributed by atoms with Gasteiger partial charge in [-0.2, -0.15) is 0 Å². The molecule has 1 aliphatic heterocycles. The molecule has 1 saturated heterocycles. The average molecular weight is 344 g/mol. The number of benzene rings is 1. The Hall–Kier alpha value is -1.11. The Labute approximate surface area is 126 Å². The predicted molar refractivity (Wildman–Crippen MR) is 78.0 cm³/mol. The van der Waals surface area contributed by atoms with Gasteiger partial charge in [0.25, 0.3) is 5.91 Å². The molecular formula is C14H18BrNO4. The summed E-state index contributed by atoms with van der Waals surface area (Å²) in [7, 11) is 1.56. The average Bonchev–Trinajstić information content (AvgIpc) is 2.46. The molecule has 1 aliphatic rings. The first-order valence-corrected chi connectivity index (χ1v) is 7.23. The van der Waals surface area contributed by atoms with E-state index in [9.17, 15) is 9.90 Å². The van der Waals surface area contributed by atoms with Gasteiger partial charge in [-0.3, -0.25) is 4.79 Å². The molecule has 2 unspecified atom stereocenters. The summed E-state index contributed by atoms with van der Waals surface area (Å²) in [6, 6.07) is 4.99. The summed E-state index contributed by atoms with van der Waals surface area (Å²) in [6.45, 7) is 2.62. The molecule has 0 saturated carbocycles. The van der Waals surface area contributed by atoms with Gasteiger partial charge in [-0.15, -0.1) is 0 Å². The monoisotopic (exact) mass is 343 g/mol. The maximum atomic E-state index is 12.7. The zero-order valence-corrected chi connectivity index (χ0v) is 13.1. The van der Waals surface area contributed by atoms with Crippen molar-refractivity contribution in [2.45, 2.75) is 19.1 Å². The van der Waals surface area contributed by atoms with Gasteiger partial charge in [-0.1, -0.05) is 6.07 Å². The number of methoxy groups -OCH3 is 1. The summed E-state index contributed by atoms with van der Waals surface area (Å²) in [4.78, 5) is 14.3. The third-order valence-corrected chi connectivity index (χ3v) is 4.17. The Morgan fingerprint density at radius 2 is 2.35 bits per heavy atom. The number of carbonyl (C=O) groups excluding carboxylic acids is 1. The molecule has 1 N–H and O–H groups in total. The first-order valence-electron chi connectivity index (χ1n) is 6.44. The minimum absolute atomic E-state index is 0.0360. The van der Waals surface area contributed by atoms with Crippen LogP contribution in [-0.4, -0.2) is 54.9 Å². The maximum Gasteiger partial charge on any atom is 0.255 e. The molecule has 0 aliphatic carbocycles. The van der Waals surface area contributed by atoms with Crippen molar-refractivity contribution in [3.8, 4) is 5.75 Å². The number of morpholine rings is 1. The lowest BCUT2D eigenvalue weighted by Gasteiger charge is -2.38. The number of halogens is 1. The highest BCUT2D eigenvalue weighted by atomic mass is 79.9. The number of hydrogen-bond acceptors (Lipinski definition) is 4. The normalized spacial score (nSPS) is 22.7. The number of nitrogens with zero attached hydrogens (tertiary/aromatic N) is 1. The molecule has 0 bridgehead atoms. The van der Waals surface area contributed by atoms with Crippen LogP contribution in [0.5, 0.6) is 5.75 Å². The third-order valence-electron chi connectivity index (χ3n) is 3.35. The van der Waals surface area contributed by atoms with Crippen LogP contribution >= 0.6 is 15.9 Å². The number of aliphatic hydroxyl groups is 1. The standard InChI is InChI=1S/C14H18BrNO4/c1-9-6-16(10(7-17)8-20-9)14(18)11-4-3-5-12(19-2)13(11)15/h3-5,9-10,17H,6-8H2,1-2H3. The summed E-state index contributed by atoms with van der Waals surface area (Å²) in [5.41, 5.74) is 0.525. The lowest BCUT2D eigenvalue weighted by atomic mass is 10.1. The second-order valence-corrected chi connectivity index (χ2v) is 5.55. The molecule has 5 nitrogen and oxygen atoms in total. The van der Waals surface area contributed by atoms with Crippen LogP contribution in [0.3, 0.4) is 0 Å². The predicted octanol–water partition coefficient (Wildman–Crippen LogP) is 1.68. The summed E-state index contributed by atoms with van der Waals surface area (Å²) >= 11 is 3.40. The number of ether oxygens (including phenoxy) is 2. The van der Waals surface area contributed by atoms with Gasteiger partial charge in [-0.25, -0.2) is 0 Å². The summed E-state index contributed by atoms with van der Waals surface area (Å²) in [5.74, 6) is 0.475. The SMILES string of the molecule is COc1cccc(C(=O)N2CC(C)OCC2CO)c1Br. The van der Waals surface area contributed by atoms with Crippen molar-refractivity contribution in [2.75, 3.05) is 26.9 Å². The van der Waals surface area contributed by atoms with Gasteiger partial charge in [-0.05, 0) is 35.0 Å². The van der Waals surface area contributed by atoms with Gasteiger partial charge in [0.1, 0.15) is 5.75 Å². The largest absolute Gasteiger partial charge is 0.496 e. The highest BCUT2D eigenvalue weighted by Crippen LogP contribution is 2.30. The molecule has 1 aromatic rings. The minimum Gasteiger partial charge on any atom is -0.496 e. The quantitative estimate of drug-likeness (QED) is 0.907. The lowest BCUT2D eigenvalue weighted by Crippen LogP contribution is -2.53. The van der Waals surface area contributed by atoms with Gasteiger partial charge < -0.3 is 19.5 Å². The van der Waals surface area contributed by atoms with Crippen LogP contribution in [0.15, 0.2) is 22.7 Å². The molecule has 0 radical (unpaired) electrons. The van der Waals surface area contributed by atoms with Gasteiger partial charge >= 0.3 is 0 Å². The number of hydrogen-bond donors (Lipinski definition) is 1. The van der Waals surface area contributed by atoms with E-state index in [0.717, 1.165) is 0 Å². The number of rotatable bonds is 3. The molecule has 1 fully saturated rings. The van der Waals surface area contributed by atoms with Gasteiger partial charge in [0.2, 0.25) is 0 Å². The molecule has 2 rings (SSSR count). The molecule has 1 heterocycles. The maximum absolute atomic E-state index is 12.7. The summed E-state index contributed by atoms with van der Waals surface area (Å²) < 4.78 is 11.3. The summed E-state index contributed by atoms with van der Waals surface area (Å²) in [5, 5.41) is 9.40. The zero-order chi connectivity index (χ0) is 14.7. The molecule has 0 aromatic heterocycles. The fourth-order valence-corrected chi connectivity index (χ4v) is 2.83. The van der Waals surface area contributed by atoms with Crippen LogP contribution in [0.2, 0.25) is 0 Å². The molecule has 1 aromatic carbocycles. The van der Waals surface area contributed by atoms with Crippen molar-refractivity contribution >= 4 is 21.8 Å². The van der Waals surface area contributed by atoms with Crippen LogP contribution in [0.4, 0.5) is 0 Å². The fourth-order valence-electron chi connectivity index (χ4n) is 2.23. The second kappa shape index (κ2) is 6.56. The van der Waals surface area contributed by atoms with E-state index in [1.807, 2.05) is 6.92 Å². The Morgan fingerprint density at radius 3 is 3.00 bits per heavy atom. The van der Waals surface area contributed by atoms with E-state index in [1.54, 1.807) is 30.2 Å². The van der Waals surface area contributed by atoms with Crippen molar-refractivity contribution in [3.63, 3.8) is 0 Å². The van der Waals surface area contributed by atoms with Gasteiger partial charge in [0, 0.05) is 6.54 Å². The molecule has 20 heavy (non-hydrogen) atoms. The van der Waals surface area contributed by atoms with Gasteiger partial charge in [0.05, 0.1) is 42.5 Å². The Balaban J connectivity index is 2.29.